The molecule has 19 heavy (non-hydrogen) atoms. The first kappa shape index (κ1) is 15.1. The van der Waals surface area contributed by atoms with E-state index in [1.54, 1.807) is 4.88 Å². The van der Waals surface area contributed by atoms with Crippen LogP contribution in [0.1, 0.15) is 56.7 Å². The Morgan fingerprint density at radius 2 is 2.16 bits per heavy atom. The molecule has 1 aromatic heterocycles. The minimum atomic E-state index is 0.530. The summed E-state index contributed by atoms with van der Waals surface area (Å²) in [5.41, 5.74) is 0.530. The highest BCUT2D eigenvalue weighted by molar-refractivity contribution is 7.09. The number of hydrogen-bond acceptors (Lipinski definition) is 2. The standard InChI is InChI=1S/C17H29NS/c1-3-4-6-15-8-10-17(11-9-15,14-18-2)13-16-7-5-12-19-16/h5,7,12,15,18H,3-4,6,8-11,13-14H2,1-2H3. The van der Waals surface area contributed by atoms with Gasteiger partial charge in [0.25, 0.3) is 0 Å². The summed E-state index contributed by atoms with van der Waals surface area (Å²) in [6.07, 6.45) is 11.3. The summed E-state index contributed by atoms with van der Waals surface area (Å²) < 4.78 is 0. The molecule has 1 fully saturated rings. The smallest absolute Gasteiger partial charge is 0.00512 e. The molecule has 1 heterocycles. The van der Waals surface area contributed by atoms with Crippen molar-refractivity contribution in [3.8, 4) is 0 Å². The third-order valence-electron chi connectivity index (χ3n) is 4.81. The zero-order valence-electron chi connectivity index (χ0n) is 12.6. The third-order valence-corrected chi connectivity index (χ3v) is 5.69. The van der Waals surface area contributed by atoms with Crippen molar-refractivity contribution in [1.29, 1.82) is 0 Å². The predicted molar refractivity (Wildman–Crippen MR) is 85.9 cm³/mol. The molecule has 0 saturated heterocycles. The van der Waals surface area contributed by atoms with E-state index in [1.807, 2.05) is 11.3 Å². The van der Waals surface area contributed by atoms with E-state index in [-0.39, 0.29) is 0 Å². The van der Waals surface area contributed by atoms with E-state index < -0.39 is 0 Å². The lowest BCUT2D eigenvalue weighted by atomic mass is 9.67. The minimum absolute atomic E-state index is 0.530. The lowest BCUT2D eigenvalue weighted by Crippen LogP contribution is -2.38. The van der Waals surface area contributed by atoms with Gasteiger partial charge in [-0.2, -0.15) is 0 Å². The van der Waals surface area contributed by atoms with Gasteiger partial charge in [-0.3, -0.25) is 0 Å². The third kappa shape index (κ3) is 4.32. The zero-order valence-corrected chi connectivity index (χ0v) is 13.4. The average Bonchev–Trinajstić information content (AvgIpc) is 2.91. The van der Waals surface area contributed by atoms with Gasteiger partial charge in [0.1, 0.15) is 0 Å². The van der Waals surface area contributed by atoms with Crippen molar-refractivity contribution in [2.45, 2.75) is 58.3 Å². The SMILES string of the molecule is CCCCC1CCC(CNC)(Cc2cccs2)CC1. The quantitative estimate of drug-likeness (QED) is 0.750. The fraction of sp³-hybridized carbons (Fsp3) is 0.765. The van der Waals surface area contributed by atoms with E-state index in [2.05, 4.69) is 36.8 Å². The highest BCUT2D eigenvalue weighted by Crippen LogP contribution is 2.43. The molecule has 0 radical (unpaired) electrons. The minimum Gasteiger partial charge on any atom is -0.319 e. The largest absolute Gasteiger partial charge is 0.319 e. The van der Waals surface area contributed by atoms with Crippen LogP contribution in [0.3, 0.4) is 0 Å². The van der Waals surface area contributed by atoms with Gasteiger partial charge < -0.3 is 5.32 Å². The van der Waals surface area contributed by atoms with Gasteiger partial charge in [0.15, 0.2) is 0 Å². The van der Waals surface area contributed by atoms with Crippen molar-refractivity contribution in [3.63, 3.8) is 0 Å². The van der Waals surface area contributed by atoms with Gasteiger partial charge in [-0.1, -0.05) is 32.3 Å². The average molecular weight is 279 g/mol. The number of unbranched alkanes of at least 4 members (excludes halogenated alkanes) is 1. The Morgan fingerprint density at radius 3 is 2.74 bits per heavy atom. The maximum atomic E-state index is 3.45. The summed E-state index contributed by atoms with van der Waals surface area (Å²) in [4.78, 5) is 1.57. The molecular weight excluding hydrogens is 250 g/mol. The normalized spacial score (nSPS) is 27.6. The van der Waals surface area contributed by atoms with Crippen molar-refractivity contribution in [1.82, 2.24) is 5.32 Å². The second-order valence-electron chi connectivity index (χ2n) is 6.37. The topological polar surface area (TPSA) is 12.0 Å². The van der Waals surface area contributed by atoms with Gasteiger partial charge in [-0.05, 0) is 61.9 Å². The molecule has 0 spiro atoms. The second kappa shape index (κ2) is 7.44. The first-order chi connectivity index (χ1) is 9.28. The van der Waals surface area contributed by atoms with E-state index in [4.69, 9.17) is 0 Å². The van der Waals surface area contributed by atoms with Crippen LogP contribution in [0.25, 0.3) is 0 Å². The van der Waals surface area contributed by atoms with Crippen LogP contribution in [-0.4, -0.2) is 13.6 Å². The van der Waals surface area contributed by atoms with Gasteiger partial charge in [-0.15, -0.1) is 11.3 Å². The van der Waals surface area contributed by atoms with Gasteiger partial charge in [0.05, 0.1) is 0 Å². The lowest BCUT2D eigenvalue weighted by molar-refractivity contribution is 0.142. The fourth-order valence-corrected chi connectivity index (χ4v) is 4.52. The molecule has 0 atom stereocenters. The molecule has 0 aliphatic heterocycles. The Hall–Kier alpha value is -0.340. The van der Waals surface area contributed by atoms with Crippen molar-refractivity contribution in [3.05, 3.63) is 22.4 Å². The van der Waals surface area contributed by atoms with Gasteiger partial charge >= 0.3 is 0 Å². The lowest BCUT2D eigenvalue weighted by Gasteiger charge is -2.40. The van der Waals surface area contributed by atoms with E-state index in [1.165, 1.54) is 57.9 Å². The highest BCUT2D eigenvalue weighted by Gasteiger charge is 2.34. The van der Waals surface area contributed by atoms with Crippen molar-refractivity contribution < 1.29 is 0 Å². The first-order valence-corrected chi connectivity index (χ1v) is 8.83. The van der Waals surface area contributed by atoms with Gasteiger partial charge in [0.2, 0.25) is 0 Å². The first-order valence-electron chi connectivity index (χ1n) is 7.95. The molecule has 0 bridgehead atoms. The molecule has 1 N–H and O–H groups in total. The zero-order chi connectivity index (χ0) is 13.6. The fourth-order valence-electron chi connectivity index (χ4n) is 3.65. The Balaban J connectivity index is 1.91. The second-order valence-corrected chi connectivity index (χ2v) is 7.40. The molecule has 0 aromatic carbocycles. The van der Waals surface area contributed by atoms with Crippen LogP contribution in [0.5, 0.6) is 0 Å². The maximum absolute atomic E-state index is 3.45. The van der Waals surface area contributed by atoms with Crippen molar-refractivity contribution >= 4 is 11.3 Å². The predicted octanol–water partition coefficient (Wildman–Crippen LogP) is 4.88. The summed E-state index contributed by atoms with van der Waals surface area (Å²) in [6.45, 7) is 3.50. The van der Waals surface area contributed by atoms with Gasteiger partial charge in [0, 0.05) is 11.4 Å². The molecule has 0 amide bonds. The summed E-state index contributed by atoms with van der Waals surface area (Å²) in [7, 11) is 2.11. The highest BCUT2D eigenvalue weighted by atomic mass is 32.1. The van der Waals surface area contributed by atoms with Crippen LogP contribution >= 0.6 is 11.3 Å². The summed E-state index contributed by atoms with van der Waals surface area (Å²) in [5.74, 6) is 1.01. The molecule has 2 heteroatoms. The molecule has 108 valence electrons. The van der Waals surface area contributed by atoms with E-state index >= 15 is 0 Å². The maximum Gasteiger partial charge on any atom is 0.00512 e. The van der Waals surface area contributed by atoms with Crippen LogP contribution in [0, 0.1) is 11.3 Å². The number of nitrogens with one attached hydrogen (secondary N) is 1. The number of hydrogen-bond donors (Lipinski definition) is 1. The molecule has 1 saturated carbocycles. The van der Waals surface area contributed by atoms with Gasteiger partial charge in [-0.25, -0.2) is 0 Å². The Bertz CT molecular complexity index is 336. The summed E-state index contributed by atoms with van der Waals surface area (Å²) in [6, 6.07) is 4.51. The Kier molecular flexibility index (Phi) is 5.90. The van der Waals surface area contributed by atoms with E-state index in [0.717, 1.165) is 5.92 Å². The Labute approximate surface area is 122 Å². The van der Waals surface area contributed by atoms with Crippen LogP contribution in [0.4, 0.5) is 0 Å². The van der Waals surface area contributed by atoms with E-state index in [0.29, 0.717) is 5.41 Å². The molecule has 1 aliphatic carbocycles. The number of thiophene rings is 1. The number of rotatable bonds is 7. The molecule has 0 unspecified atom stereocenters. The van der Waals surface area contributed by atoms with Crippen molar-refractivity contribution in [2.75, 3.05) is 13.6 Å². The molecular formula is C17H29NS. The monoisotopic (exact) mass is 279 g/mol. The summed E-state index contributed by atoms with van der Waals surface area (Å²) in [5, 5.41) is 5.67. The van der Waals surface area contributed by atoms with Crippen LogP contribution < -0.4 is 5.32 Å². The van der Waals surface area contributed by atoms with Crippen LogP contribution in [0.2, 0.25) is 0 Å². The summed E-state index contributed by atoms with van der Waals surface area (Å²) >= 11 is 1.93. The van der Waals surface area contributed by atoms with Crippen LogP contribution in [-0.2, 0) is 6.42 Å². The molecule has 1 aliphatic rings. The van der Waals surface area contributed by atoms with Crippen molar-refractivity contribution in [2.24, 2.45) is 11.3 Å². The molecule has 2 rings (SSSR count). The molecule has 1 nitrogen and oxygen atoms in total. The molecule has 1 aromatic rings. The Morgan fingerprint density at radius 1 is 1.37 bits per heavy atom. The van der Waals surface area contributed by atoms with Crippen LogP contribution in [0.15, 0.2) is 17.5 Å². The van der Waals surface area contributed by atoms with E-state index in [9.17, 15) is 0 Å².